The molecule has 17 heavy (non-hydrogen) atoms. The van der Waals surface area contributed by atoms with Gasteiger partial charge in [0, 0.05) is 5.56 Å². The molecule has 1 heteroatoms. The van der Waals surface area contributed by atoms with Gasteiger partial charge < -0.3 is 4.74 Å². The number of allylic oxidation sites excluding steroid dienone is 4. The number of hydrogen-bond acceptors (Lipinski definition) is 1. The lowest BCUT2D eigenvalue weighted by molar-refractivity contribution is 0.351. The Labute approximate surface area is 104 Å². The smallest absolute Gasteiger partial charge is 0.127 e. The van der Waals surface area contributed by atoms with Crippen molar-refractivity contribution in [2.75, 3.05) is 6.61 Å². The molecule has 0 N–H and O–H groups in total. The van der Waals surface area contributed by atoms with Gasteiger partial charge in [0.15, 0.2) is 0 Å². The summed E-state index contributed by atoms with van der Waals surface area (Å²) in [5, 5.41) is 0. The third-order valence-electron chi connectivity index (χ3n) is 2.37. The predicted octanol–water partition coefficient (Wildman–Crippen LogP) is 4.62. The van der Waals surface area contributed by atoms with Crippen LogP contribution in [0.15, 0.2) is 54.6 Å². The van der Waals surface area contributed by atoms with Crippen LogP contribution < -0.4 is 4.74 Å². The van der Waals surface area contributed by atoms with Crippen molar-refractivity contribution < 1.29 is 4.74 Å². The average Bonchev–Trinajstić information content (AvgIpc) is 2.44. The van der Waals surface area contributed by atoms with Gasteiger partial charge in [-0.1, -0.05) is 56.9 Å². The fraction of sp³-hybridized carbons (Fsp3) is 0.250. The predicted molar refractivity (Wildman–Crippen MR) is 75.2 cm³/mol. The van der Waals surface area contributed by atoms with E-state index in [1.807, 2.05) is 50.3 Å². The Bertz CT molecular complexity index is 439. The average molecular weight is 228 g/mol. The van der Waals surface area contributed by atoms with E-state index < -0.39 is 0 Å². The minimum atomic E-state index is 0.634. The van der Waals surface area contributed by atoms with E-state index in [0.29, 0.717) is 6.61 Å². The standard InChI is InChI=1S/C14H14O.C2H6/c1-11-6-5-7-12(2)13-8-3-4-9-14(13)15-10-11;1-2/h3-9H,2,10H2,1H3;1-2H3/b7-5-,11-6-;. The highest BCUT2D eigenvalue weighted by Gasteiger charge is 2.05. The maximum Gasteiger partial charge on any atom is 0.127 e. The second kappa shape index (κ2) is 6.74. The molecule has 0 spiro atoms. The highest BCUT2D eigenvalue weighted by atomic mass is 16.5. The van der Waals surface area contributed by atoms with Gasteiger partial charge in [-0.2, -0.15) is 0 Å². The van der Waals surface area contributed by atoms with E-state index in [1.54, 1.807) is 0 Å². The summed E-state index contributed by atoms with van der Waals surface area (Å²) in [6, 6.07) is 7.99. The van der Waals surface area contributed by atoms with Crippen molar-refractivity contribution in [1.29, 1.82) is 0 Å². The molecule has 1 aliphatic heterocycles. The van der Waals surface area contributed by atoms with Crippen LogP contribution in [0.2, 0.25) is 0 Å². The summed E-state index contributed by atoms with van der Waals surface area (Å²) in [6.07, 6.45) is 6.08. The van der Waals surface area contributed by atoms with Gasteiger partial charge in [-0.05, 0) is 24.1 Å². The molecule has 0 aromatic heterocycles. The molecule has 1 aliphatic rings. The van der Waals surface area contributed by atoms with E-state index in [1.165, 1.54) is 5.57 Å². The summed E-state index contributed by atoms with van der Waals surface area (Å²) >= 11 is 0. The maximum atomic E-state index is 5.72. The first kappa shape index (κ1) is 13.3. The Morgan fingerprint density at radius 2 is 1.88 bits per heavy atom. The molecule has 0 bridgehead atoms. The molecule has 0 atom stereocenters. The van der Waals surface area contributed by atoms with Crippen LogP contribution in [0.25, 0.3) is 5.57 Å². The Morgan fingerprint density at radius 3 is 2.65 bits per heavy atom. The molecule has 1 nitrogen and oxygen atoms in total. The molecule has 2 rings (SSSR count). The number of para-hydroxylation sites is 1. The molecular weight excluding hydrogens is 208 g/mol. The van der Waals surface area contributed by atoms with Crippen LogP contribution in [-0.2, 0) is 0 Å². The van der Waals surface area contributed by atoms with Gasteiger partial charge in [0.2, 0.25) is 0 Å². The summed E-state index contributed by atoms with van der Waals surface area (Å²) in [7, 11) is 0. The largest absolute Gasteiger partial charge is 0.489 e. The molecule has 0 amide bonds. The van der Waals surface area contributed by atoms with Gasteiger partial charge in [0.1, 0.15) is 12.4 Å². The number of benzene rings is 1. The minimum Gasteiger partial charge on any atom is -0.489 e. The lowest BCUT2D eigenvalue weighted by Crippen LogP contribution is -1.99. The second-order valence-electron chi connectivity index (χ2n) is 3.68. The van der Waals surface area contributed by atoms with Crippen LogP contribution >= 0.6 is 0 Å². The summed E-state index contributed by atoms with van der Waals surface area (Å²) < 4.78 is 5.72. The molecule has 0 radical (unpaired) electrons. The van der Waals surface area contributed by atoms with Crippen molar-refractivity contribution in [1.82, 2.24) is 0 Å². The zero-order valence-corrected chi connectivity index (χ0v) is 10.9. The Morgan fingerprint density at radius 1 is 1.18 bits per heavy atom. The van der Waals surface area contributed by atoms with Crippen LogP contribution in [0.4, 0.5) is 0 Å². The van der Waals surface area contributed by atoms with Crippen molar-refractivity contribution in [3.8, 4) is 5.75 Å². The van der Waals surface area contributed by atoms with Crippen molar-refractivity contribution >= 4 is 5.57 Å². The van der Waals surface area contributed by atoms with Crippen molar-refractivity contribution in [3.05, 3.63) is 60.2 Å². The summed E-state index contributed by atoms with van der Waals surface area (Å²) in [4.78, 5) is 0. The number of rotatable bonds is 0. The van der Waals surface area contributed by atoms with Gasteiger partial charge in [0.25, 0.3) is 0 Å². The third kappa shape index (κ3) is 3.63. The number of hydrogen-bond donors (Lipinski definition) is 0. The number of ether oxygens (including phenoxy) is 1. The Balaban J connectivity index is 0.000000686. The Hall–Kier alpha value is -1.76. The van der Waals surface area contributed by atoms with Crippen LogP contribution in [0.3, 0.4) is 0 Å². The first-order valence-electron chi connectivity index (χ1n) is 6.02. The summed E-state index contributed by atoms with van der Waals surface area (Å²) in [5.41, 5.74) is 3.25. The zero-order chi connectivity index (χ0) is 12.7. The summed E-state index contributed by atoms with van der Waals surface area (Å²) in [6.45, 7) is 10.7. The second-order valence-corrected chi connectivity index (χ2v) is 3.68. The van der Waals surface area contributed by atoms with E-state index in [9.17, 15) is 0 Å². The molecule has 1 heterocycles. The Kier molecular flexibility index (Phi) is 5.28. The monoisotopic (exact) mass is 228 g/mol. The first-order chi connectivity index (χ1) is 8.27. The van der Waals surface area contributed by atoms with Gasteiger partial charge in [-0.15, -0.1) is 0 Å². The van der Waals surface area contributed by atoms with Crippen molar-refractivity contribution in [3.63, 3.8) is 0 Å². The summed E-state index contributed by atoms with van der Waals surface area (Å²) in [5.74, 6) is 0.904. The SMILES string of the molecule is C=C1/C=C\C=C(\C)COc2ccccc21.CC. The normalized spacial score (nSPS) is 19.0. The third-order valence-corrected chi connectivity index (χ3v) is 2.37. The lowest BCUT2D eigenvalue weighted by Gasteiger charge is -2.10. The van der Waals surface area contributed by atoms with E-state index >= 15 is 0 Å². The van der Waals surface area contributed by atoms with Crippen molar-refractivity contribution in [2.24, 2.45) is 0 Å². The van der Waals surface area contributed by atoms with E-state index in [2.05, 4.69) is 19.6 Å². The van der Waals surface area contributed by atoms with Crippen LogP contribution in [0.1, 0.15) is 26.3 Å². The zero-order valence-electron chi connectivity index (χ0n) is 10.9. The first-order valence-corrected chi connectivity index (χ1v) is 6.02. The topological polar surface area (TPSA) is 9.23 Å². The van der Waals surface area contributed by atoms with E-state index in [0.717, 1.165) is 16.9 Å². The van der Waals surface area contributed by atoms with Crippen LogP contribution in [0.5, 0.6) is 5.75 Å². The molecule has 90 valence electrons. The van der Waals surface area contributed by atoms with E-state index in [-0.39, 0.29) is 0 Å². The molecule has 0 fully saturated rings. The molecule has 0 aliphatic carbocycles. The maximum absolute atomic E-state index is 5.72. The highest BCUT2D eigenvalue weighted by Crippen LogP contribution is 2.26. The van der Waals surface area contributed by atoms with Crippen molar-refractivity contribution in [2.45, 2.75) is 20.8 Å². The van der Waals surface area contributed by atoms with Gasteiger partial charge in [-0.25, -0.2) is 0 Å². The van der Waals surface area contributed by atoms with Crippen LogP contribution in [-0.4, -0.2) is 6.61 Å². The fourth-order valence-electron chi connectivity index (χ4n) is 1.52. The quantitative estimate of drug-likeness (QED) is 0.629. The lowest BCUT2D eigenvalue weighted by atomic mass is 10.1. The number of fused-ring (bicyclic) bond motifs is 1. The van der Waals surface area contributed by atoms with Gasteiger partial charge in [-0.3, -0.25) is 0 Å². The minimum absolute atomic E-state index is 0.634. The molecular formula is C16H20O. The molecule has 1 aromatic carbocycles. The molecule has 1 aromatic rings. The molecule has 0 unspecified atom stereocenters. The molecule has 0 saturated carbocycles. The van der Waals surface area contributed by atoms with Gasteiger partial charge in [0.05, 0.1) is 0 Å². The molecule has 0 saturated heterocycles. The highest BCUT2D eigenvalue weighted by molar-refractivity contribution is 5.76. The fourth-order valence-corrected chi connectivity index (χ4v) is 1.52. The van der Waals surface area contributed by atoms with E-state index in [4.69, 9.17) is 4.74 Å². The van der Waals surface area contributed by atoms with Crippen LogP contribution in [0, 0.1) is 0 Å². The van der Waals surface area contributed by atoms with Gasteiger partial charge >= 0.3 is 0 Å².